The van der Waals surface area contributed by atoms with Crippen LogP contribution in [-0.4, -0.2) is 72.1 Å². The number of nitrogens with one attached hydrogen (secondary N) is 3. The third kappa shape index (κ3) is 9.28. The first kappa shape index (κ1) is 32.7. The summed E-state index contributed by atoms with van der Waals surface area (Å²) in [5, 5.41) is 21.7. The summed E-state index contributed by atoms with van der Waals surface area (Å²) in [6.45, 7) is 11.2. The number of nitrogens with zero attached hydrogens (tertiary/aromatic N) is 1. The quantitative estimate of drug-likeness (QED) is 0.336. The molecule has 0 radical (unpaired) electrons. The van der Waals surface area contributed by atoms with Gasteiger partial charge >= 0.3 is 0 Å². The van der Waals surface area contributed by atoms with Crippen LogP contribution in [0.3, 0.4) is 0 Å². The van der Waals surface area contributed by atoms with Gasteiger partial charge in [-0.25, -0.2) is 0 Å². The molecule has 4 N–H and O–H groups in total. The summed E-state index contributed by atoms with van der Waals surface area (Å²) >= 11 is 0. The monoisotopic (exact) mass is 560 g/mol. The molecule has 3 amide bonds. The Hall–Kier alpha value is -2.52. The van der Waals surface area contributed by atoms with E-state index in [1.807, 2.05) is 42.5 Å². The van der Waals surface area contributed by atoms with E-state index in [-0.39, 0.29) is 31.3 Å². The maximum Gasteiger partial charge on any atom is 0.247 e. The SMILES string of the molecule is CC(C)CNC[C@H](O)CNC(=O)[C@@H](Cc1ccc2ccccc2c1)N(C(=O)[C@@H]1CCCN1)C(=O)C(C)(C)C.Cl. The number of imide groups is 1. The Morgan fingerprint density at radius 2 is 1.74 bits per heavy atom. The molecule has 2 aromatic rings. The summed E-state index contributed by atoms with van der Waals surface area (Å²) in [5.41, 5.74) is -0.0157. The van der Waals surface area contributed by atoms with Crippen molar-refractivity contribution < 1.29 is 19.5 Å². The van der Waals surface area contributed by atoms with Crippen LogP contribution in [0.25, 0.3) is 10.8 Å². The molecule has 2 aromatic carbocycles. The highest BCUT2D eigenvalue weighted by Gasteiger charge is 2.42. The fourth-order valence-corrected chi connectivity index (χ4v) is 4.66. The second-order valence-corrected chi connectivity index (χ2v) is 11.8. The number of hydrogen-bond donors (Lipinski definition) is 4. The first-order valence-electron chi connectivity index (χ1n) is 13.7. The van der Waals surface area contributed by atoms with Crippen molar-refractivity contribution in [3.05, 3.63) is 48.0 Å². The molecule has 3 rings (SSSR count). The molecule has 1 heterocycles. The molecule has 0 aliphatic carbocycles. The highest BCUT2D eigenvalue weighted by molar-refractivity contribution is 6.04. The number of amides is 3. The number of aliphatic hydroxyl groups excluding tert-OH is 1. The smallest absolute Gasteiger partial charge is 0.247 e. The van der Waals surface area contributed by atoms with Crippen molar-refractivity contribution in [3.63, 3.8) is 0 Å². The summed E-state index contributed by atoms with van der Waals surface area (Å²) in [6, 6.07) is 12.3. The van der Waals surface area contributed by atoms with Gasteiger partial charge in [-0.05, 0) is 48.2 Å². The summed E-state index contributed by atoms with van der Waals surface area (Å²) in [4.78, 5) is 42.3. The Balaban J connectivity index is 0.00000533. The number of halogens is 1. The second kappa shape index (κ2) is 14.7. The van der Waals surface area contributed by atoms with Crippen LogP contribution >= 0.6 is 12.4 Å². The van der Waals surface area contributed by atoms with Crippen molar-refractivity contribution in [1.82, 2.24) is 20.9 Å². The lowest BCUT2D eigenvalue weighted by atomic mass is 9.91. The number of carbonyl (C=O) groups is 3. The van der Waals surface area contributed by atoms with Crippen LogP contribution in [0.1, 0.15) is 53.0 Å². The van der Waals surface area contributed by atoms with E-state index in [4.69, 9.17) is 0 Å². The van der Waals surface area contributed by atoms with Gasteiger partial charge in [0.1, 0.15) is 6.04 Å². The van der Waals surface area contributed by atoms with Gasteiger partial charge in [0.05, 0.1) is 12.1 Å². The molecule has 1 saturated heterocycles. The maximum atomic E-state index is 13.7. The highest BCUT2D eigenvalue weighted by Crippen LogP contribution is 2.25. The lowest BCUT2D eigenvalue weighted by Gasteiger charge is -2.35. The molecule has 9 heteroatoms. The van der Waals surface area contributed by atoms with E-state index in [9.17, 15) is 19.5 Å². The highest BCUT2D eigenvalue weighted by atomic mass is 35.5. The van der Waals surface area contributed by atoms with Gasteiger partial charge in [0, 0.05) is 24.9 Å². The van der Waals surface area contributed by atoms with E-state index in [1.54, 1.807) is 20.8 Å². The Morgan fingerprint density at radius 1 is 1.05 bits per heavy atom. The lowest BCUT2D eigenvalue weighted by molar-refractivity contribution is -0.157. The summed E-state index contributed by atoms with van der Waals surface area (Å²) in [6.07, 6.45) is 0.846. The first-order chi connectivity index (χ1) is 18.0. The number of aliphatic hydroxyl groups is 1. The number of fused-ring (bicyclic) bond motifs is 1. The minimum absolute atomic E-state index is 0. The van der Waals surface area contributed by atoms with E-state index < -0.39 is 35.4 Å². The fraction of sp³-hybridized carbons (Fsp3) is 0.567. The molecule has 39 heavy (non-hydrogen) atoms. The van der Waals surface area contributed by atoms with Crippen molar-refractivity contribution in [2.24, 2.45) is 11.3 Å². The van der Waals surface area contributed by atoms with Crippen LogP contribution in [0.5, 0.6) is 0 Å². The molecule has 3 atom stereocenters. The largest absolute Gasteiger partial charge is 0.390 e. The van der Waals surface area contributed by atoms with Crippen molar-refractivity contribution in [2.45, 2.75) is 72.1 Å². The van der Waals surface area contributed by atoms with Crippen LogP contribution in [0, 0.1) is 11.3 Å². The summed E-state index contributed by atoms with van der Waals surface area (Å²) in [5.74, 6) is -0.779. The van der Waals surface area contributed by atoms with Gasteiger partial charge in [-0.2, -0.15) is 0 Å². The van der Waals surface area contributed by atoms with E-state index in [1.165, 1.54) is 4.90 Å². The third-order valence-electron chi connectivity index (χ3n) is 6.76. The third-order valence-corrected chi connectivity index (χ3v) is 6.76. The number of hydrogen-bond acceptors (Lipinski definition) is 6. The Morgan fingerprint density at radius 3 is 2.36 bits per heavy atom. The first-order valence-corrected chi connectivity index (χ1v) is 13.7. The van der Waals surface area contributed by atoms with Gasteiger partial charge in [-0.1, -0.05) is 77.1 Å². The van der Waals surface area contributed by atoms with E-state index in [0.717, 1.165) is 29.3 Å². The zero-order valence-electron chi connectivity index (χ0n) is 23.8. The fourth-order valence-electron chi connectivity index (χ4n) is 4.66. The number of benzene rings is 2. The molecule has 0 aromatic heterocycles. The molecule has 1 aliphatic rings. The predicted molar refractivity (Wildman–Crippen MR) is 158 cm³/mol. The molecule has 0 unspecified atom stereocenters. The van der Waals surface area contributed by atoms with Gasteiger partial charge < -0.3 is 21.1 Å². The minimum Gasteiger partial charge on any atom is -0.390 e. The molecule has 0 bridgehead atoms. The van der Waals surface area contributed by atoms with Crippen LogP contribution in [0.2, 0.25) is 0 Å². The molecular formula is C30H45ClN4O4. The Bertz CT molecular complexity index is 1110. The van der Waals surface area contributed by atoms with E-state index in [2.05, 4.69) is 29.8 Å². The van der Waals surface area contributed by atoms with Gasteiger partial charge in [0.25, 0.3) is 0 Å². The Kier molecular flexibility index (Phi) is 12.4. The predicted octanol–water partition coefficient (Wildman–Crippen LogP) is 3.05. The van der Waals surface area contributed by atoms with Crippen molar-refractivity contribution >= 4 is 40.9 Å². The zero-order chi connectivity index (χ0) is 27.9. The van der Waals surface area contributed by atoms with Crippen molar-refractivity contribution in [2.75, 3.05) is 26.2 Å². The van der Waals surface area contributed by atoms with Gasteiger partial charge in [0.2, 0.25) is 17.7 Å². The van der Waals surface area contributed by atoms with Gasteiger partial charge in [-0.15, -0.1) is 12.4 Å². The molecule has 1 fully saturated rings. The van der Waals surface area contributed by atoms with Crippen molar-refractivity contribution in [1.29, 1.82) is 0 Å². The van der Waals surface area contributed by atoms with E-state index >= 15 is 0 Å². The average molecular weight is 561 g/mol. The Labute approximate surface area is 238 Å². The molecule has 0 spiro atoms. The molecule has 1 aliphatic heterocycles. The standard InChI is InChI=1S/C30H44N4O4.ClH/c1-20(2)17-31-18-24(35)19-33-27(36)26(16-21-12-13-22-9-6-7-10-23(22)15-21)34(29(38)30(3,4)5)28(37)25-11-8-14-32-25;/h6-7,9-10,12-13,15,20,24-26,31-32,35H,8,11,14,16-19H2,1-5H3,(H,33,36);1H/t24-,25-,26+;/m0./s1. The summed E-state index contributed by atoms with van der Waals surface area (Å²) in [7, 11) is 0. The lowest BCUT2D eigenvalue weighted by Crippen LogP contribution is -2.60. The second-order valence-electron chi connectivity index (χ2n) is 11.8. The van der Waals surface area contributed by atoms with Gasteiger partial charge in [0.15, 0.2) is 0 Å². The number of rotatable bonds is 11. The van der Waals surface area contributed by atoms with Crippen molar-refractivity contribution in [3.8, 4) is 0 Å². The maximum absolute atomic E-state index is 13.7. The summed E-state index contributed by atoms with van der Waals surface area (Å²) < 4.78 is 0. The molecular weight excluding hydrogens is 516 g/mol. The normalized spacial score (nSPS) is 16.9. The average Bonchev–Trinajstić information content (AvgIpc) is 3.41. The topological polar surface area (TPSA) is 111 Å². The molecule has 0 saturated carbocycles. The van der Waals surface area contributed by atoms with Crippen LogP contribution in [0.4, 0.5) is 0 Å². The van der Waals surface area contributed by atoms with Crippen LogP contribution < -0.4 is 16.0 Å². The zero-order valence-corrected chi connectivity index (χ0v) is 24.6. The van der Waals surface area contributed by atoms with Crippen LogP contribution in [-0.2, 0) is 20.8 Å². The van der Waals surface area contributed by atoms with Crippen LogP contribution in [0.15, 0.2) is 42.5 Å². The molecule has 8 nitrogen and oxygen atoms in total. The van der Waals surface area contributed by atoms with E-state index in [0.29, 0.717) is 25.4 Å². The number of carbonyl (C=O) groups excluding carboxylic acids is 3. The minimum atomic E-state index is -1.05. The van der Waals surface area contributed by atoms with Gasteiger partial charge in [-0.3, -0.25) is 19.3 Å². The molecule has 216 valence electrons.